The van der Waals surface area contributed by atoms with Crippen LogP contribution in [0.5, 0.6) is 11.8 Å². The molecule has 3 atom stereocenters. The van der Waals surface area contributed by atoms with E-state index in [9.17, 15) is 9.50 Å². The average molecular weight is 466 g/mol. The molecule has 0 bridgehead atoms. The van der Waals surface area contributed by atoms with Gasteiger partial charge in [0.15, 0.2) is 5.65 Å². The zero-order valence-electron chi connectivity index (χ0n) is 16.8. The lowest BCUT2D eigenvalue weighted by molar-refractivity contribution is -0.131. The van der Waals surface area contributed by atoms with Gasteiger partial charge in [-0.15, -0.1) is 0 Å². The van der Waals surface area contributed by atoms with Gasteiger partial charge in [0, 0.05) is 18.1 Å². The zero-order chi connectivity index (χ0) is 22.2. The molecule has 5 rings (SSSR count). The van der Waals surface area contributed by atoms with Crippen LogP contribution in [0.25, 0.3) is 22.4 Å². The summed E-state index contributed by atoms with van der Waals surface area (Å²) in [5.41, 5.74) is 1.29. The Morgan fingerprint density at radius 2 is 2.00 bits per heavy atom. The number of halogens is 2. The van der Waals surface area contributed by atoms with E-state index in [1.807, 2.05) is 0 Å². The van der Waals surface area contributed by atoms with Crippen molar-refractivity contribution in [2.45, 2.75) is 30.8 Å². The fraction of sp³-hybridized carbons (Fsp3) is 0.429. The zero-order valence-corrected chi connectivity index (χ0v) is 17.6. The van der Waals surface area contributed by atoms with E-state index in [4.69, 9.17) is 35.7 Å². The van der Waals surface area contributed by atoms with E-state index in [1.54, 1.807) is 18.2 Å². The van der Waals surface area contributed by atoms with Crippen molar-refractivity contribution in [1.82, 2.24) is 15.0 Å². The Morgan fingerprint density at radius 3 is 2.69 bits per heavy atom. The van der Waals surface area contributed by atoms with Crippen LogP contribution in [0.2, 0.25) is 5.02 Å². The molecule has 2 saturated heterocycles. The minimum Gasteiger partial charge on any atom is -0.485 e. The molecule has 11 heteroatoms. The lowest BCUT2D eigenvalue weighted by Gasteiger charge is -2.31. The monoisotopic (exact) mass is 465 g/mol. The first-order chi connectivity index (χ1) is 15.5. The summed E-state index contributed by atoms with van der Waals surface area (Å²) in [4.78, 5) is 11.7. The number of aliphatic hydroxyl groups is 2. The van der Waals surface area contributed by atoms with Crippen LogP contribution in [0.15, 0.2) is 24.3 Å². The van der Waals surface area contributed by atoms with Crippen LogP contribution in [0, 0.1) is 5.82 Å². The van der Waals surface area contributed by atoms with Crippen molar-refractivity contribution in [3.63, 3.8) is 0 Å². The summed E-state index contributed by atoms with van der Waals surface area (Å²) >= 11 is 6.38. The molecule has 2 aromatic heterocycles. The summed E-state index contributed by atoms with van der Waals surface area (Å²) in [6.45, 7) is 0.920. The minimum atomic E-state index is -0.839. The molecule has 2 aliphatic heterocycles. The maximum Gasteiger partial charge on any atom is 0.296 e. The molecule has 0 spiro atoms. The second-order valence-electron chi connectivity index (χ2n) is 7.75. The number of benzene rings is 1. The van der Waals surface area contributed by atoms with Crippen LogP contribution >= 0.6 is 11.6 Å². The Bertz CT molecular complexity index is 1120. The first-order valence-corrected chi connectivity index (χ1v) is 10.6. The summed E-state index contributed by atoms with van der Waals surface area (Å²) in [6.07, 6.45) is -1.69. The number of nitrogens with one attached hydrogen (secondary N) is 1. The lowest BCUT2D eigenvalue weighted by Crippen LogP contribution is -2.45. The molecule has 4 heterocycles. The quantitative estimate of drug-likeness (QED) is 0.506. The third kappa shape index (κ3) is 4.24. The highest BCUT2D eigenvalue weighted by atomic mass is 35.5. The van der Waals surface area contributed by atoms with Gasteiger partial charge in [0.2, 0.25) is 0 Å². The summed E-state index contributed by atoms with van der Waals surface area (Å²) < 4.78 is 36.6. The van der Waals surface area contributed by atoms with E-state index < -0.39 is 24.1 Å². The number of pyridine rings is 1. The first-order valence-electron chi connectivity index (χ1n) is 10.2. The van der Waals surface area contributed by atoms with E-state index in [2.05, 4.69) is 15.0 Å². The van der Waals surface area contributed by atoms with Crippen LogP contribution in [0.1, 0.15) is 6.42 Å². The van der Waals surface area contributed by atoms with Gasteiger partial charge in [-0.05, 0) is 18.2 Å². The fourth-order valence-corrected chi connectivity index (χ4v) is 3.87. The molecule has 0 aliphatic carbocycles. The molecule has 170 valence electrons. The summed E-state index contributed by atoms with van der Waals surface area (Å²) in [6, 6.07) is 6.29. The number of imidazole rings is 1. The Kier molecular flexibility index (Phi) is 5.87. The second-order valence-corrected chi connectivity index (χ2v) is 8.16. The van der Waals surface area contributed by atoms with Crippen molar-refractivity contribution in [3.05, 3.63) is 35.1 Å². The number of fused-ring (bicyclic) bond motifs is 1. The van der Waals surface area contributed by atoms with Gasteiger partial charge >= 0.3 is 0 Å². The van der Waals surface area contributed by atoms with Crippen LogP contribution in [0.4, 0.5) is 4.39 Å². The van der Waals surface area contributed by atoms with Crippen molar-refractivity contribution >= 4 is 22.8 Å². The largest absolute Gasteiger partial charge is 0.485 e. The Labute approximate surface area is 187 Å². The first kappa shape index (κ1) is 21.4. The van der Waals surface area contributed by atoms with Crippen molar-refractivity contribution < 1.29 is 33.6 Å². The van der Waals surface area contributed by atoms with E-state index in [1.165, 1.54) is 6.07 Å². The molecule has 1 aromatic carbocycles. The van der Waals surface area contributed by atoms with Crippen LogP contribution in [-0.4, -0.2) is 76.0 Å². The van der Waals surface area contributed by atoms with E-state index in [-0.39, 0.29) is 48.0 Å². The van der Waals surface area contributed by atoms with E-state index >= 15 is 0 Å². The Morgan fingerprint density at radius 1 is 1.16 bits per heavy atom. The molecule has 32 heavy (non-hydrogen) atoms. The molecule has 0 saturated carbocycles. The molecule has 0 radical (unpaired) electrons. The van der Waals surface area contributed by atoms with Crippen LogP contribution in [0.3, 0.4) is 0 Å². The number of rotatable bonds is 6. The Hall–Kier alpha value is -2.50. The van der Waals surface area contributed by atoms with Crippen molar-refractivity contribution in [1.29, 1.82) is 0 Å². The predicted molar refractivity (Wildman–Crippen MR) is 111 cm³/mol. The highest BCUT2D eigenvalue weighted by Crippen LogP contribution is 2.33. The van der Waals surface area contributed by atoms with Gasteiger partial charge in [-0.2, -0.15) is 4.98 Å². The minimum absolute atomic E-state index is 0.0639. The molecular weight excluding hydrogens is 445 g/mol. The van der Waals surface area contributed by atoms with Gasteiger partial charge in [0.05, 0.1) is 48.8 Å². The number of nitrogens with zero attached hydrogens (tertiary/aromatic N) is 2. The highest BCUT2D eigenvalue weighted by molar-refractivity contribution is 6.33. The van der Waals surface area contributed by atoms with E-state index in [0.29, 0.717) is 30.1 Å². The van der Waals surface area contributed by atoms with Crippen LogP contribution < -0.4 is 9.47 Å². The number of hydrogen-bond acceptors (Lipinski definition) is 8. The highest BCUT2D eigenvalue weighted by Gasteiger charge is 2.31. The van der Waals surface area contributed by atoms with Gasteiger partial charge < -0.3 is 34.1 Å². The predicted octanol–water partition coefficient (Wildman–Crippen LogP) is 2.08. The number of aromatic amines is 1. The number of hydrogen-bond donors (Lipinski definition) is 3. The standard InChI is InChI=1S/C21H21ClFN3O6/c22-14-5-16-20(26-21(24-16)32-11-4-17(28)18(6-27)30-9-11)25-19(14)13-2-1-10(3-15(13)23)31-12-7-29-8-12/h1-3,5,11-12,17-18,27-28H,4,6-9H2,(H,24,25,26)/t11-,17+,18-/m1/s1. The summed E-state index contributed by atoms with van der Waals surface area (Å²) in [7, 11) is 0. The third-order valence-electron chi connectivity index (χ3n) is 5.40. The normalized spacial score (nSPS) is 23.8. The molecule has 0 amide bonds. The molecule has 3 N–H and O–H groups in total. The fourth-order valence-electron chi connectivity index (χ4n) is 3.62. The number of aromatic nitrogens is 3. The smallest absolute Gasteiger partial charge is 0.296 e. The molecular formula is C21H21ClFN3O6. The topological polar surface area (TPSA) is 119 Å². The third-order valence-corrected chi connectivity index (χ3v) is 5.69. The van der Waals surface area contributed by atoms with E-state index in [0.717, 1.165) is 0 Å². The summed E-state index contributed by atoms with van der Waals surface area (Å²) in [5, 5.41) is 19.4. The maximum atomic E-state index is 14.8. The SMILES string of the molecule is OC[C@H]1OC[C@H](Oc2nc3nc(-c4ccc(OC5COC5)cc4F)c(Cl)cc3[nH]2)C[C@@H]1O. The number of ether oxygens (including phenoxy) is 4. The van der Waals surface area contributed by atoms with Gasteiger partial charge in [-0.25, -0.2) is 9.37 Å². The van der Waals surface area contributed by atoms with Gasteiger partial charge in [0.25, 0.3) is 6.01 Å². The number of aliphatic hydroxyl groups excluding tert-OH is 2. The summed E-state index contributed by atoms with van der Waals surface area (Å²) in [5.74, 6) is -0.109. The van der Waals surface area contributed by atoms with Gasteiger partial charge in [-0.1, -0.05) is 11.6 Å². The van der Waals surface area contributed by atoms with Crippen molar-refractivity contribution in [3.8, 4) is 23.0 Å². The molecule has 3 aromatic rings. The average Bonchev–Trinajstić information content (AvgIpc) is 3.11. The van der Waals surface area contributed by atoms with Crippen LogP contribution in [-0.2, 0) is 9.47 Å². The number of H-pyrrole nitrogens is 1. The van der Waals surface area contributed by atoms with Crippen molar-refractivity contribution in [2.24, 2.45) is 0 Å². The van der Waals surface area contributed by atoms with Gasteiger partial charge in [-0.3, -0.25) is 0 Å². The van der Waals surface area contributed by atoms with Crippen molar-refractivity contribution in [2.75, 3.05) is 26.4 Å². The molecule has 9 nitrogen and oxygen atoms in total. The Balaban J connectivity index is 1.36. The second kappa shape index (κ2) is 8.80. The van der Waals surface area contributed by atoms with Gasteiger partial charge in [0.1, 0.15) is 29.9 Å². The molecule has 2 aliphatic rings. The maximum absolute atomic E-state index is 14.8. The molecule has 2 fully saturated rings. The lowest BCUT2D eigenvalue weighted by atomic mass is 10.0. The molecule has 0 unspecified atom stereocenters.